The van der Waals surface area contributed by atoms with Gasteiger partial charge in [0.25, 0.3) is 0 Å². The van der Waals surface area contributed by atoms with Crippen LogP contribution in [-0.4, -0.2) is 36.7 Å². The van der Waals surface area contributed by atoms with E-state index in [0.29, 0.717) is 19.6 Å². The summed E-state index contributed by atoms with van der Waals surface area (Å²) in [6.45, 7) is 4.77. The zero-order valence-electron chi connectivity index (χ0n) is 9.86. The molecule has 1 amide bonds. The average molecular weight is 255 g/mol. The van der Waals surface area contributed by atoms with Crippen molar-refractivity contribution in [1.82, 2.24) is 15.6 Å². The molecule has 5 nitrogen and oxygen atoms in total. The van der Waals surface area contributed by atoms with E-state index in [1.54, 1.807) is 11.3 Å². The molecule has 0 saturated carbocycles. The first-order valence-electron chi connectivity index (χ1n) is 5.74. The van der Waals surface area contributed by atoms with Crippen LogP contribution >= 0.6 is 11.3 Å². The number of aryl methyl sites for hydroxylation is 1. The van der Waals surface area contributed by atoms with Crippen LogP contribution in [-0.2, 0) is 16.1 Å². The van der Waals surface area contributed by atoms with Crippen LogP contribution < -0.4 is 10.6 Å². The molecule has 94 valence electrons. The average Bonchev–Trinajstić information content (AvgIpc) is 2.74. The number of hydrogen-bond donors (Lipinski definition) is 2. The first-order chi connectivity index (χ1) is 8.24. The Morgan fingerprint density at radius 3 is 3.29 bits per heavy atom. The smallest absolute Gasteiger partial charge is 0.223 e. The Hall–Kier alpha value is -0.980. The van der Waals surface area contributed by atoms with Crippen LogP contribution in [0, 0.1) is 6.92 Å². The Morgan fingerprint density at radius 1 is 1.76 bits per heavy atom. The van der Waals surface area contributed by atoms with E-state index >= 15 is 0 Å². The lowest BCUT2D eigenvalue weighted by molar-refractivity contribution is -0.124. The van der Waals surface area contributed by atoms with E-state index in [-0.39, 0.29) is 12.0 Å². The summed E-state index contributed by atoms with van der Waals surface area (Å²) in [4.78, 5) is 15.9. The molecule has 6 heteroatoms. The van der Waals surface area contributed by atoms with E-state index in [4.69, 9.17) is 4.74 Å². The number of carbonyl (C=O) groups excluding carboxylic acids is 1. The van der Waals surface area contributed by atoms with Crippen LogP contribution in [0.3, 0.4) is 0 Å². The molecule has 2 N–H and O–H groups in total. The molecule has 17 heavy (non-hydrogen) atoms. The summed E-state index contributed by atoms with van der Waals surface area (Å²) in [5, 5.41) is 8.99. The van der Waals surface area contributed by atoms with Crippen molar-refractivity contribution in [2.24, 2.45) is 0 Å². The Morgan fingerprint density at radius 2 is 2.65 bits per heavy atom. The molecule has 1 fully saturated rings. The van der Waals surface area contributed by atoms with E-state index in [0.717, 1.165) is 23.8 Å². The van der Waals surface area contributed by atoms with Gasteiger partial charge in [-0.3, -0.25) is 4.79 Å². The highest BCUT2D eigenvalue weighted by atomic mass is 32.1. The minimum Gasteiger partial charge on any atom is -0.375 e. The Kier molecular flexibility index (Phi) is 4.47. The summed E-state index contributed by atoms with van der Waals surface area (Å²) < 4.78 is 5.47. The van der Waals surface area contributed by atoms with Gasteiger partial charge in [-0.25, -0.2) is 4.98 Å². The summed E-state index contributed by atoms with van der Waals surface area (Å²) in [6.07, 6.45) is 0.416. The largest absolute Gasteiger partial charge is 0.375 e. The number of morpholine rings is 1. The molecule has 0 aliphatic carbocycles. The fourth-order valence-corrected chi connectivity index (χ4v) is 2.40. The monoisotopic (exact) mass is 255 g/mol. The van der Waals surface area contributed by atoms with Crippen molar-refractivity contribution in [2.75, 3.05) is 19.7 Å². The van der Waals surface area contributed by atoms with E-state index in [9.17, 15) is 4.79 Å². The first-order valence-corrected chi connectivity index (χ1v) is 6.62. The third-order valence-electron chi connectivity index (χ3n) is 2.52. The minimum absolute atomic E-state index is 0.00165. The molecule has 0 spiro atoms. The zero-order valence-corrected chi connectivity index (χ0v) is 10.7. The second-order valence-electron chi connectivity index (χ2n) is 4.06. The van der Waals surface area contributed by atoms with Gasteiger partial charge in [0.15, 0.2) is 0 Å². The Labute approximate surface area is 105 Å². The van der Waals surface area contributed by atoms with Gasteiger partial charge in [-0.15, -0.1) is 11.3 Å². The predicted octanol–water partition coefficient (Wildman–Crippen LogP) is 0.446. The third-order valence-corrected chi connectivity index (χ3v) is 3.49. The predicted molar refractivity (Wildman–Crippen MR) is 65.9 cm³/mol. The summed E-state index contributed by atoms with van der Waals surface area (Å²) in [7, 11) is 0. The molecule has 2 rings (SSSR count). The number of carbonyl (C=O) groups is 1. The van der Waals surface area contributed by atoms with Crippen LogP contribution in [0.4, 0.5) is 0 Å². The first kappa shape index (κ1) is 12.5. The van der Waals surface area contributed by atoms with Gasteiger partial charge in [-0.05, 0) is 6.92 Å². The summed E-state index contributed by atoms with van der Waals surface area (Å²) >= 11 is 1.57. The van der Waals surface area contributed by atoms with Crippen LogP contribution in [0.15, 0.2) is 5.38 Å². The number of ether oxygens (including phenoxy) is 1. The maximum atomic E-state index is 11.6. The second-order valence-corrected chi connectivity index (χ2v) is 5.00. The molecule has 1 aliphatic rings. The molecular formula is C11H17N3O2S. The Bertz CT molecular complexity index is 375. The van der Waals surface area contributed by atoms with Crippen molar-refractivity contribution in [3.05, 3.63) is 16.1 Å². The molecule has 1 aliphatic heterocycles. The van der Waals surface area contributed by atoms with Gasteiger partial charge in [-0.1, -0.05) is 0 Å². The molecule has 0 bridgehead atoms. The van der Waals surface area contributed by atoms with Crippen molar-refractivity contribution in [3.8, 4) is 0 Å². The number of hydrogen-bond acceptors (Lipinski definition) is 5. The second kappa shape index (κ2) is 6.09. The fraction of sp³-hybridized carbons (Fsp3) is 0.636. The van der Waals surface area contributed by atoms with Crippen LogP contribution in [0.1, 0.15) is 17.1 Å². The van der Waals surface area contributed by atoms with Gasteiger partial charge in [0, 0.05) is 24.2 Å². The van der Waals surface area contributed by atoms with Crippen molar-refractivity contribution in [3.63, 3.8) is 0 Å². The van der Waals surface area contributed by atoms with E-state index in [1.165, 1.54) is 0 Å². The lowest BCUT2D eigenvalue weighted by Crippen LogP contribution is -2.41. The normalized spacial score (nSPS) is 20.2. The molecule has 1 aromatic heterocycles. The highest BCUT2D eigenvalue weighted by molar-refractivity contribution is 7.09. The topological polar surface area (TPSA) is 63.2 Å². The summed E-state index contributed by atoms with van der Waals surface area (Å²) in [6, 6.07) is 0. The molecule has 1 aromatic rings. The van der Waals surface area contributed by atoms with Crippen molar-refractivity contribution >= 4 is 17.2 Å². The number of nitrogens with one attached hydrogen (secondary N) is 2. The summed E-state index contributed by atoms with van der Waals surface area (Å²) in [5.74, 6) is 0.0200. The number of aromatic nitrogens is 1. The quantitative estimate of drug-likeness (QED) is 0.820. The van der Waals surface area contributed by atoms with Gasteiger partial charge in [-0.2, -0.15) is 0 Å². The van der Waals surface area contributed by atoms with Gasteiger partial charge >= 0.3 is 0 Å². The molecule has 0 radical (unpaired) electrons. The van der Waals surface area contributed by atoms with Crippen molar-refractivity contribution < 1.29 is 9.53 Å². The SMILES string of the molecule is Cc1csc(CNC(=O)CC2CNCCO2)n1. The number of amides is 1. The van der Waals surface area contributed by atoms with Gasteiger partial charge in [0.05, 0.1) is 25.7 Å². The highest BCUT2D eigenvalue weighted by Gasteiger charge is 2.17. The van der Waals surface area contributed by atoms with E-state index in [2.05, 4.69) is 15.6 Å². The van der Waals surface area contributed by atoms with Crippen molar-refractivity contribution in [1.29, 1.82) is 0 Å². The Balaban J connectivity index is 1.70. The van der Waals surface area contributed by atoms with E-state index < -0.39 is 0 Å². The van der Waals surface area contributed by atoms with Crippen LogP contribution in [0.2, 0.25) is 0 Å². The van der Waals surface area contributed by atoms with Gasteiger partial charge in [0.2, 0.25) is 5.91 Å². The maximum absolute atomic E-state index is 11.6. The number of rotatable bonds is 4. The number of thiazole rings is 1. The standard InChI is InChI=1S/C11H17N3O2S/c1-8-7-17-11(14-8)6-13-10(15)4-9-5-12-2-3-16-9/h7,9,12H,2-6H2,1H3,(H,13,15). The van der Waals surface area contributed by atoms with Gasteiger partial charge < -0.3 is 15.4 Å². The molecule has 2 heterocycles. The lowest BCUT2D eigenvalue weighted by Gasteiger charge is -2.22. The van der Waals surface area contributed by atoms with Crippen molar-refractivity contribution in [2.45, 2.75) is 26.0 Å². The lowest BCUT2D eigenvalue weighted by atomic mass is 10.2. The zero-order chi connectivity index (χ0) is 12.1. The van der Waals surface area contributed by atoms with Crippen LogP contribution in [0.5, 0.6) is 0 Å². The minimum atomic E-state index is 0.00165. The maximum Gasteiger partial charge on any atom is 0.223 e. The highest BCUT2D eigenvalue weighted by Crippen LogP contribution is 2.08. The summed E-state index contributed by atoms with van der Waals surface area (Å²) in [5.41, 5.74) is 0.999. The molecular weight excluding hydrogens is 238 g/mol. The fourth-order valence-electron chi connectivity index (χ4n) is 1.69. The molecule has 1 unspecified atom stereocenters. The molecule has 1 atom stereocenters. The molecule has 1 saturated heterocycles. The number of nitrogens with zero attached hydrogens (tertiary/aromatic N) is 1. The van der Waals surface area contributed by atoms with E-state index in [1.807, 2.05) is 12.3 Å². The third kappa shape index (κ3) is 4.07. The molecule has 0 aromatic carbocycles. The van der Waals surface area contributed by atoms with Crippen LogP contribution in [0.25, 0.3) is 0 Å². The van der Waals surface area contributed by atoms with Gasteiger partial charge in [0.1, 0.15) is 5.01 Å².